The van der Waals surface area contributed by atoms with Gasteiger partial charge in [-0.2, -0.15) is 0 Å². The minimum absolute atomic E-state index is 0.931. The number of thiophene rings is 1. The molecule has 2 heteroatoms. The Labute approximate surface area is 101 Å². The van der Waals surface area contributed by atoms with Crippen LogP contribution in [0.15, 0.2) is 24.3 Å². The summed E-state index contributed by atoms with van der Waals surface area (Å²) in [4.78, 5) is 1.35. The van der Waals surface area contributed by atoms with Gasteiger partial charge in [0, 0.05) is 10.4 Å². The zero-order valence-corrected chi connectivity index (χ0v) is 10.8. The van der Waals surface area contributed by atoms with Crippen LogP contribution in [0.2, 0.25) is 0 Å². The van der Waals surface area contributed by atoms with E-state index in [1.807, 2.05) is 0 Å². The summed E-state index contributed by atoms with van der Waals surface area (Å²) in [5.74, 6) is 0. The van der Waals surface area contributed by atoms with Crippen molar-refractivity contribution in [3.63, 3.8) is 0 Å². The lowest BCUT2D eigenvalue weighted by molar-refractivity contribution is 1.19. The van der Waals surface area contributed by atoms with Crippen LogP contribution < -0.4 is 5.73 Å². The third kappa shape index (κ3) is 1.98. The van der Waals surface area contributed by atoms with Crippen LogP contribution in [0.25, 0.3) is 11.1 Å². The fourth-order valence-electron chi connectivity index (χ4n) is 1.77. The van der Waals surface area contributed by atoms with Crippen LogP contribution in [0.5, 0.6) is 0 Å². The molecule has 0 bridgehead atoms. The topological polar surface area (TPSA) is 26.0 Å². The zero-order chi connectivity index (χ0) is 11.7. The second-order valence-corrected chi connectivity index (χ2v) is 5.31. The number of benzene rings is 1. The number of anilines is 1. The van der Waals surface area contributed by atoms with Gasteiger partial charge in [-0.3, -0.25) is 0 Å². The molecule has 2 aromatic rings. The van der Waals surface area contributed by atoms with Gasteiger partial charge in [0.15, 0.2) is 0 Å². The molecule has 0 radical (unpaired) electrons. The average Bonchev–Trinajstić information content (AvgIpc) is 2.64. The van der Waals surface area contributed by atoms with Crippen molar-refractivity contribution in [2.75, 3.05) is 5.73 Å². The molecule has 0 aliphatic carbocycles. The lowest BCUT2D eigenvalue weighted by Gasteiger charge is -2.04. The summed E-state index contributed by atoms with van der Waals surface area (Å²) in [5.41, 5.74) is 11.1. The van der Waals surface area contributed by atoms with E-state index >= 15 is 0 Å². The molecule has 0 aliphatic rings. The zero-order valence-electron chi connectivity index (χ0n) is 10.0. The van der Waals surface area contributed by atoms with Gasteiger partial charge in [0.05, 0.1) is 5.00 Å². The van der Waals surface area contributed by atoms with Gasteiger partial charge >= 0.3 is 0 Å². The van der Waals surface area contributed by atoms with Gasteiger partial charge in [0.2, 0.25) is 0 Å². The van der Waals surface area contributed by atoms with Crippen molar-refractivity contribution >= 4 is 16.3 Å². The molecular formula is C14H17NS. The molecule has 1 aromatic carbocycles. The monoisotopic (exact) mass is 231 g/mol. The highest BCUT2D eigenvalue weighted by Crippen LogP contribution is 2.34. The first-order chi connectivity index (χ1) is 7.61. The number of nitrogens with two attached hydrogens (primary N) is 1. The number of hydrogen-bond donors (Lipinski definition) is 1. The third-order valence-corrected chi connectivity index (χ3v) is 4.09. The van der Waals surface area contributed by atoms with Crippen molar-refractivity contribution in [1.29, 1.82) is 0 Å². The number of rotatable bonds is 2. The van der Waals surface area contributed by atoms with E-state index < -0.39 is 0 Å². The molecule has 1 aromatic heterocycles. The van der Waals surface area contributed by atoms with Crippen LogP contribution in [0.4, 0.5) is 5.00 Å². The lowest BCUT2D eigenvalue weighted by Crippen LogP contribution is -1.86. The summed E-state index contributed by atoms with van der Waals surface area (Å²) in [5, 5.41) is 0.931. The highest BCUT2D eigenvalue weighted by Gasteiger charge is 2.08. The van der Waals surface area contributed by atoms with Gasteiger partial charge in [0.25, 0.3) is 0 Å². The van der Waals surface area contributed by atoms with E-state index in [1.165, 1.54) is 27.1 Å². The number of nitrogen functional groups attached to an aromatic ring is 1. The Morgan fingerprint density at radius 3 is 2.44 bits per heavy atom. The molecule has 0 unspecified atom stereocenters. The second-order valence-electron chi connectivity index (χ2n) is 4.14. The van der Waals surface area contributed by atoms with Crippen LogP contribution in [-0.2, 0) is 6.42 Å². The number of aryl methyl sites for hydroxylation is 3. The molecule has 0 spiro atoms. The normalized spacial score (nSPS) is 10.7. The summed E-state index contributed by atoms with van der Waals surface area (Å²) < 4.78 is 0. The van der Waals surface area contributed by atoms with Crippen LogP contribution in [0, 0.1) is 13.8 Å². The van der Waals surface area contributed by atoms with E-state index in [-0.39, 0.29) is 0 Å². The molecule has 0 aliphatic heterocycles. The highest BCUT2D eigenvalue weighted by atomic mass is 32.1. The summed E-state index contributed by atoms with van der Waals surface area (Å²) in [6.45, 7) is 6.44. The fourth-order valence-corrected chi connectivity index (χ4v) is 2.66. The van der Waals surface area contributed by atoms with Crippen molar-refractivity contribution in [1.82, 2.24) is 0 Å². The first kappa shape index (κ1) is 11.2. The maximum Gasteiger partial charge on any atom is 0.0938 e. The molecule has 0 saturated heterocycles. The van der Waals surface area contributed by atoms with Gasteiger partial charge in [-0.1, -0.05) is 25.1 Å². The molecule has 0 saturated carbocycles. The standard InChI is InChI=1S/C14H17NS/c1-4-12-8-13(14(15)16-12)11-6-5-9(2)10(3)7-11/h5-8H,4,15H2,1-3H3. The maximum atomic E-state index is 6.06. The van der Waals surface area contributed by atoms with Gasteiger partial charge in [-0.25, -0.2) is 0 Å². The van der Waals surface area contributed by atoms with E-state index in [9.17, 15) is 0 Å². The van der Waals surface area contributed by atoms with Crippen LogP contribution in [0.3, 0.4) is 0 Å². The van der Waals surface area contributed by atoms with Crippen molar-refractivity contribution in [3.8, 4) is 11.1 Å². The minimum Gasteiger partial charge on any atom is -0.390 e. The summed E-state index contributed by atoms with van der Waals surface area (Å²) in [6, 6.07) is 8.74. The fraction of sp³-hybridized carbons (Fsp3) is 0.286. The molecule has 0 atom stereocenters. The van der Waals surface area contributed by atoms with E-state index in [0.29, 0.717) is 0 Å². The van der Waals surface area contributed by atoms with Crippen molar-refractivity contribution in [2.45, 2.75) is 27.2 Å². The van der Waals surface area contributed by atoms with Gasteiger partial charge in [-0.15, -0.1) is 11.3 Å². The largest absolute Gasteiger partial charge is 0.390 e. The van der Waals surface area contributed by atoms with Crippen molar-refractivity contribution < 1.29 is 0 Å². The second kappa shape index (κ2) is 4.30. The molecule has 1 heterocycles. The Balaban J connectivity index is 2.49. The molecular weight excluding hydrogens is 214 g/mol. The van der Waals surface area contributed by atoms with Crippen molar-refractivity contribution in [2.24, 2.45) is 0 Å². The van der Waals surface area contributed by atoms with E-state index in [1.54, 1.807) is 11.3 Å². The van der Waals surface area contributed by atoms with Gasteiger partial charge < -0.3 is 5.73 Å². The van der Waals surface area contributed by atoms with E-state index in [2.05, 4.69) is 45.0 Å². The Hall–Kier alpha value is -1.28. The first-order valence-electron chi connectivity index (χ1n) is 5.57. The highest BCUT2D eigenvalue weighted by molar-refractivity contribution is 7.16. The molecule has 2 N–H and O–H groups in total. The van der Waals surface area contributed by atoms with Gasteiger partial charge in [0.1, 0.15) is 0 Å². The first-order valence-corrected chi connectivity index (χ1v) is 6.39. The maximum absolute atomic E-state index is 6.06. The Morgan fingerprint density at radius 2 is 1.88 bits per heavy atom. The molecule has 0 fully saturated rings. The summed E-state index contributed by atoms with van der Waals surface area (Å²) in [7, 11) is 0. The predicted molar refractivity (Wildman–Crippen MR) is 73.0 cm³/mol. The summed E-state index contributed by atoms with van der Waals surface area (Å²) in [6.07, 6.45) is 1.06. The predicted octanol–water partition coefficient (Wildman–Crippen LogP) is 4.18. The molecule has 84 valence electrons. The van der Waals surface area contributed by atoms with Crippen LogP contribution in [0.1, 0.15) is 22.9 Å². The van der Waals surface area contributed by atoms with Crippen LogP contribution in [-0.4, -0.2) is 0 Å². The smallest absolute Gasteiger partial charge is 0.0938 e. The average molecular weight is 231 g/mol. The molecule has 1 nitrogen and oxygen atoms in total. The Morgan fingerprint density at radius 1 is 1.12 bits per heavy atom. The van der Waals surface area contributed by atoms with Crippen LogP contribution >= 0.6 is 11.3 Å². The summed E-state index contributed by atoms with van der Waals surface area (Å²) >= 11 is 1.70. The SMILES string of the molecule is CCc1cc(-c2ccc(C)c(C)c2)c(N)s1. The third-order valence-electron chi connectivity index (χ3n) is 2.98. The number of hydrogen-bond acceptors (Lipinski definition) is 2. The molecule has 0 amide bonds. The quantitative estimate of drug-likeness (QED) is 0.824. The lowest BCUT2D eigenvalue weighted by atomic mass is 10.0. The molecule has 2 rings (SSSR count). The van der Waals surface area contributed by atoms with Crippen molar-refractivity contribution in [3.05, 3.63) is 40.3 Å². The Kier molecular flexibility index (Phi) is 3.01. The van der Waals surface area contributed by atoms with Gasteiger partial charge in [-0.05, 0) is 43.0 Å². The molecule has 16 heavy (non-hydrogen) atoms. The van der Waals surface area contributed by atoms with E-state index in [0.717, 1.165) is 11.4 Å². The minimum atomic E-state index is 0.931. The van der Waals surface area contributed by atoms with E-state index in [4.69, 9.17) is 5.73 Å². The Bertz CT molecular complexity index is 511.